The Kier molecular flexibility index (Phi) is 1.36. The summed E-state index contributed by atoms with van der Waals surface area (Å²) in [5, 5.41) is 0. The quantitative estimate of drug-likeness (QED) is 0.518. The summed E-state index contributed by atoms with van der Waals surface area (Å²) in [4.78, 5) is 0. The van der Waals surface area contributed by atoms with Gasteiger partial charge < -0.3 is 4.74 Å². The zero-order valence-corrected chi connectivity index (χ0v) is 8.55. The second kappa shape index (κ2) is 2.20. The highest BCUT2D eigenvalue weighted by molar-refractivity contribution is 5.24. The van der Waals surface area contributed by atoms with Gasteiger partial charge in [0, 0.05) is 11.8 Å². The van der Waals surface area contributed by atoms with Crippen molar-refractivity contribution in [3.63, 3.8) is 0 Å². The highest BCUT2D eigenvalue weighted by atomic mass is 16.5. The van der Waals surface area contributed by atoms with E-state index in [0.29, 0.717) is 17.3 Å². The van der Waals surface area contributed by atoms with Crippen LogP contribution in [0, 0.1) is 29.1 Å². The third-order valence-corrected chi connectivity index (χ3v) is 4.73. The zero-order valence-electron chi connectivity index (χ0n) is 8.55. The zero-order chi connectivity index (χ0) is 9.22. The molecule has 3 aliphatic rings. The minimum Gasteiger partial charge on any atom is -0.380 e. The Balaban J connectivity index is 1.93. The van der Waals surface area contributed by atoms with Gasteiger partial charge in [-0.1, -0.05) is 26.0 Å². The third kappa shape index (κ3) is 0.864. The molecule has 2 bridgehead atoms. The summed E-state index contributed by atoms with van der Waals surface area (Å²) in [7, 11) is 0. The first-order valence-electron chi connectivity index (χ1n) is 5.39. The summed E-state index contributed by atoms with van der Waals surface area (Å²) in [5.41, 5.74) is 2.08. The molecule has 0 N–H and O–H groups in total. The lowest BCUT2D eigenvalue weighted by Crippen LogP contribution is -2.33. The first-order valence-corrected chi connectivity index (χ1v) is 5.39. The summed E-state index contributed by atoms with van der Waals surface area (Å²) < 4.78 is 5.64. The van der Waals surface area contributed by atoms with Crippen LogP contribution in [0.1, 0.15) is 20.3 Å². The van der Waals surface area contributed by atoms with Crippen LogP contribution in [-0.4, -0.2) is 13.2 Å². The van der Waals surface area contributed by atoms with Crippen molar-refractivity contribution < 1.29 is 4.74 Å². The number of rotatable bonds is 0. The molecule has 1 aliphatic heterocycles. The standard InChI is InChI=1S/C12H18O/c1-7-8-4-10-11(12(10,2)3)9(7)6-13-5-8/h8-11H,1,4-6H2,2-3H3. The summed E-state index contributed by atoms with van der Waals surface area (Å²) in [5.74, 6) is 3.22. The van der Waals surface area contributed by atoms with Crippen LogP contribution in [0.3, 0.4) is 0 Å². The maximum atomic E-state index is 5.64. The summed E-state index contributed by atoms with van der Waals surface area (Å²) in [6.07, 6.45) is 1.34. The summed E-state index contributed by atoms with van der Waals surface area (Å²) in [6, 6.07) is 0. The molecule has 3 rings (SSSR count). The minimum absolute atomic E-state index is 0.579. The first-order chi connectivity index (χ1) is 6.12. The van der Waals surface area contributed by atoms with Gasteiger partial charge in [0.25, 0.3) is 0 Å². The Morgan fingerprint density at radius 3 is 2.92 bits per heavy atom. The molecular formula is C12H18O. The van der Waals surface area contributed by atoms with E-state index in [1.54, 1.807) is 0 Å². The molecule has 2 saturated carbocycles. The average molecular weight is 178 g/mol. The van der Waals surface area contributed by atoms with Crippen molar-refractivity contribution in [3.8, 4) is 0 Å². The fourth-order valence-corrected chi connectivity index (χ4v) is 3.75. The molecule has 72 valence electrons. The van der Waals surface area contributed by atoms with Crippen molar-refractivity contribution in [1.29, 1.82) is 0 Å². The molecule has 3 fully saturated rings. The van der Waals surface area contributed by atoms with Gasteiger partial charge in [0.1, 0.15) is 0 Å². The van der Waals surface area contributed by atoms with Gasteiger partial charge in [-0.3, -0.25) is 0 Å². The number of fused-ring (bicyclic) bond motifs is 4. The average Bonchev–Trinajstić information content (AvgIpc) is 2.52. The Hall–Kier alpha value is -0.300. The molecule has 0 spiro atoms. The van der Waals surface area contributed by atoms with Gasteiger partial charge >= 0.3 is 0 Å². The topological polar surface area (TPSA) is 9.23 Å². The predicted octanol–water partition coefficient (Wildman–Crippen LogP) is 2.48. The maximum Gasteiger partial charge on any atom is 0.0534 e. The van der Waals surface area contributed by atoms with Gasteiger partial charge in [0.15, 0.2) is 0 Å². The fraction of sp³-hybridized carbons (Fsp3) is 0.833. The van der Waals surface area contributed by atoms with Crippen LogP contribution in [0.4, 0.5) is 0 Å². The molecule has 0 aromatic rings. The second-order valence-electron chi connectivity index (χ2n) is 5.61. The van der Waals surface area contributed by atoms with E-state index in [4.69, 9.17) is 4.74 Å². The molecule has 4 atom stereocenters. The van der Waals surface area contributed by atoms with E-state index in [1.165, 1.54) is 12.0 Å². The lowest BCUT2D eigenvalue weighted by Gasteiger charge is -2.36. The van der Waals surface area contributed by atoms with Crippen LogP contribution in [0.25, 0.3) is 0 Å². The van der Waals surface area contributed by atoms with Gasteiger partial charge in [-0.15, -0.1) is 0 Å². The Labute approximate surface area is 80.2 Å². The van der Waals surface area contributed by atoms with Crippen molar-refractivity contribution in [2.24, 2.45) is 29.1 Å². The number of ether oxygens (including phenoxy) is 1. The third-order valence-electron chi connectivity index (χ3n) is 4.73. The van der Waals surface area contributed by atoms with Crippen LogP contribution >= 0.6 is 0 Å². The van der Waals surface area contributed by atoms with E-state index >= 15 is 0 Å². The Morgan fingerprint density at radius 1 is 1.38 bits per heavy atom. The van der Waals surface area contributed by atoms with Crippen molar-refractivity contribution in [2.75, 3.05) is 13.2 Å². The van der Waals surface area contributed by atoms with E-state index in [-0.39, 0.29) is 0 Å². The monoisotopic (exact) mass is 178 g/mol. The smallest absolute Gasteiger partial charge is 0.0534 e. The molecule has 1 saturated heterocycles. The van der Waals surface area contributed by atoms with Crippen molar-refractivity contribution in [1.82, 2.24) is 0 Å². The summed E-state index contributed by atoms with van der Waals surface area (Å²) in [6.45, 7) is 11.0. The van der Waals surface area contributed by atoms with Crippen molar-refractivity contribution in [2.45, 2.75) is 20.3 Å². The molecule has 1 nitrogen and oxygen atoms in total. The van der Waals surface area contributed by atoms with E-state index in [9.17, 15) is 0 Å². The molecule has 0 aromatic heterocycles. The van der Waals surface area contributed by atoms with E-state index in [1.807, 2.05) is 0 Å². The van der Waals surface area contributed by atoms with Crippen LogP contribution in [0.15, 0.2) is 12.2 Å². The highest BCUT2D eigenvalue weighted by Gasteiger charge is 2.64. The van der Waals surface area contributed by atoms with E-state index < -0.39 is 0 Å². The largest absolute Gasteiger partial charge is 0.380 e. The van der Waals surface area contributed by atoms with Crippen LogP contribution in [0.5, 0.6) is 0 Å². The molecule has 1 heteroatoms. The molecule has 0 aromatic carbocycles. The molecule has 13 heavy (non-hydrogen) atoms. The van der Waals surface area contributed by atoms with Gasteiger partial charge in [-0.25, -0.2) is 0 Å². The van der Waals surface area contributed by atoms with Gasteiger partial charge in [-0.2, -0.15) is 0 Å². The molecule has 2 aliphatic carbocycles. The lowest BCUT2D eigenvalue weighted by molar-refractivity contribution is 0.0248. The van der Waals surface area contributed by atoms with E-state index in [2.05, 4.69) is 20.4 Å². The fourth-order valence-electron chi connectivity index (χ4n) is 3.75. The first kappa shape index (κ1) is 8.05. The minimum atomic E-state index is 0.579. The van der Waals surface area contributed by atoms with Crippen molar-refractivity contribution >= 4 is 0 Å². The summed E-state index contributed by atoms with van der Waals surface area (Å²) >= 11 is 0. The van der Waals surface area contributed by atoms with E-state index in [0.717, 1.165) is 25.0 Å². The molecule has 4 unspecified atom stereocenters. The second-order valence-corrected chi connectivity index (χ2v) is 5.61. The van der Waals surface area contributed by atoms with Crippen molar-refractivity contribution in [3.05, 3.63) is 12.2 Å². The SMILES string of the molecule is C=C1C2COCC1C1C(C2)C1(C)C. The Bertz CT molecular complexity index is 266. The molecule has 0 radical (unpaired) electrons. The molecular weight excluding hydrogens is 160 g/mol. The van der Waals surface area contributed by atoms with Crippen LogP contribution in [0.2, 0.25) is 0 Å². The van der Waals surface area contributed by atoms with Crippen LogP contribution < -0.4 is 0 Å². The normalized spacial score (nSPS) is 51.4. The van der Waals surface area contributed by atoms with Gasteiger partial charge in [0.2, 0.25) is 0 Å². The number of hydrogen-bond acceptors (Lipinski definition) is 1. The van der Waals surface area contributed by atoms with Gasteiger partial charge in [-0.05, 0) is 23.7 Å². The lowest BCUT2D eigenvalue weighted by atomic mass is 9.76. The highest BCUT2D eigenvalue weighted by Crippen LogP contribution is 2.69. The number of hydrogen-bond donors (Lipinski definition) is 0. The Morgan fingerprint density at radius 2 is 2.15 bits per heavy atom. The molecule has 1 heterocycles. The predicted molar refractivity (Wildman–Crippen MR) is 52.3 cm³/mol. The van der Waals surface area contributed by atoms with Crippen LogP contribution in [-0.2, 0) is 4.74 Å². The van der Waals surface area contributed by atoms with Gasteiger partial charge in [0.05, 0.1) is 13.2 Å². The molecule has 0 amide bonds. The maximum absolute atomic E-state index is 5.64.